The minimum Gasteiger partial charge on any atom is -0.381 e. The summed E-state index contributed by atoms with van der Waals surface area (Å²) >= 11 is 0. The first-order valence-electron chi connectivity index (χ1n) is 11.3. The van der Waals surface area contributed by atoms with Crippen LogP contribution in [0.25, 0.3) is 5.57 Å². The van der Waals surface area contributed by atoms with Gasteiger partial charge in [0.1, 0.15) is 0 Å². The molecule has 3 amide bonds. The molecule has 0 bridgehead atoms. The Balaban J connectivity index is 1.13. The highest BCUT2D eigenvalue weighted by Gasteiger charge is 2.26. The normalized spacial score (nSPS) is 22.2. The van der Waals surface area contributed by atoms with Crippen molar-refractivity contribution in [2.75, 3.05) is 18.5 Å². The summed E-state index contributed by atoms with van der Waals surface area (Å²) in [5.41, 5.74) is 5.50. The minimum atomic E-state index is -0.0999. The molecule has 3 aliphatic rings. The van der Waals surface area contributed by atoms with Crippen LogP contribution in [0, 0.1) is 5.92 Å². The van der Waals surface area contributed by atoms with Crippen molar-refractivity contribution in [1.82, 2.24) is 15.2 Å². The summed E-state index contributed by atoms with van der Waals surface area (Å²) in [5.74, 6) is 0.135. The average molecular weight is 433 g/mol. The van der Waals surface area contributed by atoms with Crippen molar-refractivity contribution < 1.29 is 14.3 Å². The molecular formula is C25H28N4O3. The number of allylic oxidation sites excluding steroid dienone is 1. The van der Waals surface area contributed by atoms with E-state index in [4.69, 9.17) is 4.74 Å². The van der Waals surface area contributed by atoms with Crippen molar-refractivity contribution >= 4 is 23.2 Å². The number of carbonyl (C=O) groups excluding carboxylic acids is 2. The molecule has 2 aliphatic heterocycles. The van der Waals surface area contributed by atoms with E-state index in [-0.39, 0.29) is 23.9 Å². The van der Waals surface area contributed by atoms with Crippen molar-refractivity contribution in [3.8, 4) is 0 Å². The number of nitrogens with zero attached hydrogens (tertiary/aromatic N) is 2. The predicted octanol–water partition coefficient (Wildman–Crippen LogP) is 3.72. The lowest BCUT2D eigenvalue weighted by Gasteiger charge is -2.24. The second-order valence-electron chi connectivity index (χ2n) is 8.78. The second kappa shape index (κ2) is 9.12. The maximum atomic E-state index is 12.6. The number of fused-ring (bicyclic) bond motifs is 1. The van der Waals surface area contributed by atoms with E-state index in [1.807, 2.05) is 24.4 Å². The third-order valence-electron chi connectivity index (χ3n) is 6.58. The van der Waals surface area contributed by atoms with E-state index in [1.54, 1.807) is 11.1 Å². The zero-order chi connectivity index (χ0) is 21.9. The Morgan fingerprint density at radius 3 is 2.62 bits per heavy atom. The Hall–Kier alpha value is -3.19. The summed E-state index contributed by atoms with van der Waals surface area (Å²) in [6.07, 6.45) is 9.35. The Bertz CT molecular complexity index is 1000. The smallest absolute Gasteiger partial charge is 0.322 e. The number of hydrogen-bond acceptors (Lipinski definition) is 4. The van der Waals surface area contributed by atoms with Gasteiger partial charge < -0.3 is 20.3 Å². The van der Waals surface area contributed by atoms with Crippen LogP contribution in [0.2, 0.25) is 0 Å². The minimum absolute atomic E-state index is 0.00882. The summed E-state index contributed by atoms with van der Waals surface area (Å²) in [6.45, 7) is 2.43. The first-order chi connectivity index (χ1) is 15.7. The van der Waals surface area contributed by atoms with Crippen molar-refractivity contribution in [1.29, 1.82) is 0 Å². The molecule has 2 aromatic rings. The Labute approximate surface area is 187 Å². The maximum Gasteiger partial charge on any atom is 0.322 e. The number of rotatable bonds is 4. The zero-order valence-electron chi connectivity index (χ0n) is 18.0. The summed E-state index contributed by atoms with van der Waals surface area (Å²) in [4.78, 5) is 30.9. The molecule has 1 aromatic carbocycles. The summed E-state index contributed by atoms with van der Waals surface area (Å²) in [6, 6.07) is 10.1. The number of amides is 3. The molecule has 2 unspecified atom stereocenters. The molecule has 32 heavy (non-hydrogen) atoms. The van der Waals surface area contributed by atoms with Gasteiger partial charge in [0.15, 0.2) is 0 Å². The Morgan fingerprint density at radius 2 is 1.91 bits per heavy atom. The number of urea groups is 1. The number of hydrogen-bond donors (Lipinski definition) is 2. The van der Waals surface area contributed by atoms with Gasteiger partial charge in [0.05, 0.1) is 12.5 Å². The van der Waals surface area contributed by atoms with Gasteiger partial charge >= 0.3 is 6.03 Å². The molecule has 1 aliphatic carbocycles. The molecule has 0 spiro atoms. The monoisotopic (exact) mass is 432 g/mol. The molecule has 166 valence electrons. The van der Waals surface area contributed by atoms with Crippen LogP contribution in [0.3, 0.4) is 0 Å². The van der Waals surface area contributed by atoms with Crippen molar-refractivity contribution in [2.45, 2.75) is 44.8 Å². The van der Waals surface area contributed by atoms with Gasteiger partial charge in [-0.15, -0.1) is 0 Å². The molecule has 1 aromatic heterocycles. The molecule has 2 N–H and O–H groups in total. The SMILES string of the molecule is O=C(NC1CC=C(c2ccc(NC(=O)N3Cc4ccncc4C3)cc2)CC1)C1CCOC1. The fourth-order valence-electron chi connectivity index (χ4n) is 4.62. The standard InChI is InChI=1S/C25H28N4O3/c30-24(20-10-12-32-16-20)27-22-5-1-17(2-6-22)18-3-7-23(8-4-18)28-25(31)29-14-19-9-11-26-13-21(19)15-29/h1,3-4,7-9,11,13,20,22H,2,5-6,10,12,14-16H2,(H,27,30)(H,28,31). The van der Waals surface area contributed by atoms with Crippen molar-refractivity contribution in [3.63, 3.8) is 0 Å². The Morgan fingerprint density at radius 1 is 1.06 bits per heavy atom. The van der Waals surface area contributed by atoms with E-state index in [9.17, 15) is 9.59 Å². The number of anilines is 1. The molecule has 1 fully saturated rings. The lowest BCUT2D eigenvalue weighted by molar-refractivity contribution is -0.125. The molecule has 0 radical (unpaired) electrons. The molecule has 5 rings (SSSR count). The van der Waals surface area contributed by atoms with Crippen molar-refractivity contribution in [2.24, 2.45) is 5.92 Å². The number of nitrogens with one attached hydrogen (secondary N) is 2. The lowest BCUT2D eigenvalue weighted by atomic mass is 9.90. The Kier molecular flexibility index (Phi) is 5.90. The molecule has 7 heteroatoms. The van der Waals surface area contributed by atoms with Crippen LogP contribution in [0.15, 0.2) is 48.8 Å². The number of carbonyl (C=O) groups is 2. The molecule has 0 saturated carbocycles. The van der Waals surface area contributed by atoms with Gasteiger partial charge in [0.25, 0.3) is 0 Å². The average Bonchev–Trinajstić information content (AvgIpc) is 3.50. The number of pyridine rings is 1. The number of benzene rings is 1. The maximum absolute atomic E-state index is 12.6. The highest BCUT2D eigenvalue weighted by molar-refractivity contribution is 5.90. The second-order valence-corrected chi connectivity index (χ2v) is 8.78. The van der Waals surface area contributed by atoms with E-state index in [0.717, 1.165) is 48.1 Å². The van der Waals surface area contributed by atoms with Gasteiger partial charge in [-0.3, -0.25) is 9.78 Å². The fourth-order valence-corrected chi connectivity index (χ4v) is 4.62. The van der Waals surface area contributed by atoms with E-state index >= 15 is 0 Å². The third-order valence-corrected chi connectivity index (χ3v) is 6.58. The first kappa shape index (κ1) is 20.7. The van der Waals surface area contributed by atoms with Crippen LogP contribution in [-0.4, -0.2) is 41.1 Å². The van der Waals surface area contributed by atoms with Crippen LogP contribution in [0.1, 0.15) is 42.4 Å². The van der Waals surface area contributed by atoms with E-state index in [0.29, 0.717) is 26.3 Å². The van der Waals surface area contributed by atoms with E-state index < -0.39 is 0 Å². The number of aromatic nitrogens is 1. The molecule has 1 saturated heterocycles. The molecule has 7 nitrogen and oxygen atoms in total. The van der Waals surface area contributed by atoms with Crippen LogP contribution in [-0.2, 0) is 22.6 Å². The quantitative estimate of drug-likeness (QED) is 0.771. The van der Waals surface area contributed by atoms with E-state index in [2.05, 4.69) is 33.8 Å². The number of ether oxygens (including phenoxy) is 1. The lowest BCUT2D eigenvalue weighted by Crippen LogP contribution is -2.39. The van der Waals surface area contributed by atoms with Gasteiger partial charge in [0, 0.05) is 43.8 Å². The van der Waals surface area contributed by atoms with Crippen molar-refractivity contribution in [3.05, 3.63) is 65.5 Å². The summed E-state index contributed by atoms with van der Waals surface area (Å²) in [5, 5.41) is 6.17. The topological polar surface area (TPSA) is 83.6 Å². The first-order valence-corrected chi connectivity index (χ1v) is 11.3. The van der Waals surface area contributed by atoms with Crippen LogP contribution < -0.4 is 10.6 Å². The molecule has 2 atom stereocenters. The van der Waals surface area contributed by atoms with Crippen LogP contribution >= 0.6 is 0 Å². The third kappa shape index (κ3) is 4.53. The predicted molar refractivity (Wildman–Crippen MR) is 122 cm³/mol. The largest absolute Gasteiger partial charge is 0.381 e. The summed E-state index contributed by atoms with van der Waals surface area (Å²) < 4.78 is 5.32. The summed E-state index contributed by atoms with van der Waals surface area (Å²) in [7, 11) is 0. The van der Waals surface area contributed by atoms with Gasteiger partial charge in [0.2, 0.25) is 5.91 Å². The molecular weight excluding hydrogens is 404 g/mol. The van der Waals surface area contributed by atoms with Gasteiger partial charge in [-0.25, -0.2) is 4.79 Å². The highest BCUT2D eigenvalue weighted by Crippen LogP contribution is 2.29. The van der Waals surface area contributed by atoms with Crippen LogP contribution in [0.4, 0.5) is 10.5 Å². The van der Waals surface area contributed by atoms with Gasteiger partial charge in [-0.1, -0.05) is 18.2 Å². The van der Waals surface area contributed by atoms with E-state index in [1.165, 1.54) is 5.57 Å². The van der Waals surface area contributed by atoms with Crippen LogP contribution in [0.5, 0.6) is 0 Å². The van der Waals surface area contributed by atoms with Gasteiger partial charge in [-0.05, 0) is 66.1 Å². The highest BCUT2D eigenvalue weighted by atomic mass is 16.5. The zero-order valence-corrected chi connectivity index (χ0v) is 18.0. The van der Waals surface area contributed by atoms with Gasteiger partial charge in [-0.2, -0.15) is 0 Å². The molecule has 3 heterocycles. The fraction of sp³-hybridized carbons (Fsp3) is 0.400.